The number of nitrogens with one attached hydrogen (secondary N) is 1. The van der Waals surface area contributed by atoms with Gasteiger partial charge in [0.05, 0.1) is 23.5 Å². The quantitative estimate of drug-likeness (QED) is 0.768. The Labute approximate surface area is 111 Å². The van der Waals surface area contributed by atoms with Gasteiger partial charge in [-0.05, 0) is 18.6 Å². The van der Waals surface area contributed by atoms with Crippen molar-refractivity contribution in [2.75, 3.05) is 12.3 Å². The van der Waals surface area contributed by atoms with Crippen molar-refractivity contribution in [2.24, 2.45) is 0 Å². The van der Waals surface area contributed by atoms with Gasteiger partial charge in [-0.2, -0.15) is 5.26 Å². The van der Waals surface area contributed by atoms with Gasteiger partial charge < -0.3 is 10.4 Å². The van der Waals surface area contributed by atoms with Crippen molar-refractivity contribution in [2.45, 2.75) is 24.3 Å². The van der Waals surface area contributed by atoms with E-state index in [-0.39, 0.29) is 12.5 Å². The molecular formula is C13H16N2O2S. The fraction of sp³-hybridized carbons (Fsp3) is 0.385. The van der Waals surface area contributed by atoms with Crippen LogP contribution in [0.2, 0.25) is 0 Å². The zero-order chi connectivity index (χ0) is 13.4. The molecule has 1 unspecified atom stereocenters. The number of hydrogen-bond donors (Lipinski definition) is 2. The van der Waals surface area contributed by atoms with Gasteiger partial charge in [0.2, 0.25) is 0 Å². The average molecular weight is 264 g/mol. The molecule has 0 heterocycles. The van der Waals surface area contributed by atoms with E-state index in [1.807, 2.05) is 25.1 Å². The molecule has 0 spiro atoms. The number of hydrogen-bond acceptors (Lipinski definition) is 4. The molecule has 4 nitrogen and oxygen atoms in total. The summed E-state index contributed by atoms with van der Waals surface area (Å²) in [5.74, 6) is 0.0885. The number of nitriles is 1. The first-order valence-electron chi connectivity index (χ1n) is 5.74. The Morgan fingerprint density at radius 1 is 1.56 bits per heavy atom. The molecule has 2 N–H and O–H groups in total. The highest BCUT2D eigenvalue weighted by atomic mass is 32.2. The summed E-state index contributed by atoms with van der Waals surface area (Å²) in [5.41, 5.74) is 0.543. The monoisotopic (exact) mass is 264 g/mol. The third-order valence-corrected chi connectivity index (χ3v) is 3.33. The average Bonchev–Trinajstić information content (AvgIpc) is 2.42. The standard InChI is InChI=1S/C13H16N2O2S/c1-2-10(16)9-15-13(17)11-5-3-4-6-12(11)18-8-7-14/h3-6,10,16H,2,8-9H2,1H3,(H,15,17). The molecule has 96 valence electrons. The maximum atomic E-state index is 11.9. The van der Waals surface area contributed by atoms with Crippen molar-refractivity contribution in [3.8, 4) is 6.07 Å². The summed E-state index contributed by atoms with van der Waals surface area (Å²) in [6.07, 6.45) is 0.0818. The molecule has 1 rings (SSSR count). The minimum atomic E-state index is -0.520. The second-order valence-corrected chi connectivity index (χ2v) is 4.73. The summed E-state index contributed by atoms with van der Waals surface area (Å²) in [6, 6.07) is 9.17. The van der Waals surface area contributed by atoms with E-state index in [1.54, 1.807) is 12.1 Å². The largest absolute Gasteiger partial charge is 0.391 e. The predicted molar refractivity (Wildman–Crippen MR) is 71.4 cm³/mol. The van der Waals surface area contributed by atoms with E-state index in [2.05, 4.69) is 5.32 Å². The van der Waals surface area contributed by atoms with Crippen LogP contribution in [0.4, 0.5) is 0 Å². The van der Waals surface area contributed by atoms with Gasteiger partial charge in [0, 0.05) is 11.4 Å². The number of aliphatic hydroxyl groups is 1. The SMILES string of the molecule is CCC(O)CNC(=O)c1ccccc1SCC#N. The highest BCUT2D eigenvalue weighted by Gasteiger charge is 2.12. The van der Waals surface area contributed by atoms with E-state index >= 15 is 0 Å². The van der Waals surface area contributed by atoms with Gasteiger partial charge in [-0.1, -0.05) is 19.1 Å². The molecule has 0 saturated heterocycles. The normalized spacial score (nSPS) is 11.6. The van der Waals surface area contributed by atoms with Crippen molar-refractivity contribution in [1.82, 2.24) is 5.32 Å². The molecule has 1 amide bonds. The van der Waals surface area contributed by atoms with Crippen molar-refractivity contribution < 1.29 is 9.90 Å². The van der Waals surface area contributed by atoms with Crippen LogP contribution >= 0.6 is 11.8 Å². The highest BCUT2D eigenvalue weighted by Crippen LogP contribution is 2.21. The lowest BCUT2D eigenvalue weighted by atomic mass is 10.2. The van der Waals surface area contributed by atoms with Gasteiger partial charge in [0.1, 0.15) is 0 Å². The molecule has 18 heavy (non-hydrogen) atoms. The summed E-state index contributed by atoms with van der Waals surface area (Å²) in [6.45, 7) is 2.10. The summed E-state index contributed by atoms with van der Waals surface area (Å²) in [5, 5.41) is 20.6. The lowest BCUT2D eigenvalue weighted by molar-refractivity contribution is 0.0911. The molecule has 0 aliphatic rings. The second kappa shape index (κ2) is 7.75. The zero-order valence-corrected chi connectivity index (χ0v) is 11.0. The van der Waals surface area contributed by atoms with Gasteiger partial charge in [0.15, 0.2) is 0 Å². The van der Waals surface area contributed by atoms with E-state index in [4.69, 9.17) is 5.26 Å². The number of thioether (sulfide) groups is 1. The second-order valence-electron chi connectivity index (χ2n) is 3.72. The molecule has 0 radical (unpaired) electrons. The third kappa shape index (κ3) is 4.40. The highest BCUT2D eigenvalue weighted by molar-refractivity contribution is 7.99. The first-order valence-corrected chi connectivity index (χ1v) is 6.72. The van der Waals surface area contributed by atoms with E-state index in [1.165, 1.54) is 11.8 Å². The Morgan fingerprint density at radius 2 is 2.28 bits per heavy atom. The van der Waals surface area contributed by atoms with Crippen LogP contribution in [0, 0.1) is 11.3 Å². The number of amides is 1. The molecule has 0 aliphatic carbocycles. The Balaban J connectivity index is 2.70. The predicted octanol–water partition coefficient (Wildman–Crippen LogP) is 1.80. The van der Waals surface area contributed by atoms with Crippen LogP contribution < -0.4 is 5.32 Å². The maximum absolute atomic E-state index is 11.9. The number of carbonyl (C=O) groups is 1. The van der Waals surface area contributed by atoms with E-state index in [9.17, 15) is 9.90 Å². The van der Waals surface area contributed by atoms with Crippen LogP contribution in [0.25, 0.3) is 0 Å². The van der Waals surface area contributed by atoms with E-state index < -0.39 is 6.10 Å². The van der Waals surface area contributed by atoms with Crippen LogP contribution in [-0.2, 0) is 0 Å². The molecule has 0 fully saturated rings. The Bertz CT molecular complexity index is 443. The van der Waals surface area contributed by atoms with E-state index in [0.29, 0.717) is 17.7 Å². The number of aliphatic hydroxyl groups excluding tert-OH is 1. The number of benzene rings is 1. The topological polar surface area (TPSA) is 73.1 Å². The first-order chi connectivity index (χ1) is 8.69. The van der Waals surface area contributed by atoms with Crippen molar-refractivity contribution in [3.63, 3.8) is 0 Å². The van der Waals surface area contributed by atoms with Gasteiger partial charge in [-0.15, -0.1) is 11.8 Å². The van der Waals surface area contributed by atoms with Gasteiger partial charge in [-0.25, -0.2) is 0 Å². The van der Waals surface area contributed by atoms with Crippen LogP contribution in [0.1, 0.15) is 23.7 Å². The van der Waals surface area contributed by atoms with Crippen molar-refractivity contribution in [1.29, 1.82) is 5.26 Å². The summed E-state index contributed by atoms with van der Waals surface area (Å²) in [4.78, 5) is 12.7. The smallest absolute Gasteiger partial charge is 0.252 e. The maximum Gasteiger partial charge on any atom is 0.252 e. The first kappa shape index (κ1) is 14.6. The molecular weight excluding hydrogens is 248 g/mol. The van der Waals surface area contributed by atoms with Crippen LogP contribution in [0.15, 0.2) is 29.2 Å². The van der Waals surface area contributed by atoms with Gasteiger partial charge in [-0.3, -0.25) is 4.79 Å². The molecule has 0 bridgehead atoms. The molecule has 5 heteroatoms. The Hall–Kier alpha value is -1.51. The summed E-state index contributed by atoms with van der Waals surface area (Å²) < 4.78 is 0. The van der Waals surface area contributed by atoms with Crippen LogP contribution in [0.5, 0.6) is 0 Å². The molecule has 1 atom stereocenters. The Morgan fingerprint density at radius 3 is 2.94 bits per heavy atom. The summed E-state index contributed by atoms with van der Waals surface area (Å²) >= 11 is 1.33. The fourth-order valence-corrected chi connectivity index (χ4v) is 2.05. The van der Waals surface area contributed by atoms with Gasteiger partial charge in [0.25, 0.3) is 5.91 Å². The minimum Gasteiger partial charge on any atom is -0.391 e. The number of carbonyl (C=O) groups excluding carboxylic acids is 1. The molecule has 1 aromatic rings. The molecule has 0 aromatic heterocycles. The van der Waals surface area contributed by atoms with Crippen molar-refractivity contribution >= 4 is 17.7 Å². The molecule has 0 aliphatic heterocycles. The fourth-order valence-electron chi connectivity index (χ4n) is 1.34. The number of nitrogens with zero attached hydrogens (tertiary/aromatic N) is 1. The number of rotatable bonds is 6. The Kier molecular flexibility index (Phi) is 6.26. The lowest BCUT2D eigenvalue weighted by Gasteiger charge is -2.11. The molecule has 1 aromatic carbocycles. The summed E-state index contributed by atoms with van der Waals surface area (Å²) in [7, 11) is 0. The van der Waals surface area contributed by atoms with Gasteiger partial charge >= 0.3 is 0 Å². The minimum absolute atomic E-state index is 0.219. The third-order valence-electron chi connectivity index (χ3n) is 2.39. The van der Waals surface area contributed by atoms with Crippen LogP contribution in [0.3, 0.4) is 0 Å². The van der Waals surface area contributed by atoms with Crippen LogP contribution in [-0.4, -0.2) is 29.4 Å². The van der Waals surface area contributed by atoms with Crippen molar-refractivity contribution in [3.05, 3.63) is 29.8 Å². The molecule has 0 saturated carbocycles. The zero-order valence-electron chi connectivity index (χ0n) is 10.2. The lowest BCUT2D eigenvalue weighted by Crippen LogP contribution is -2.32. The van der Waals surface area contributed by atoms with E-state index in [0.717, 1.165) is 4.90 Å².